The number of pyridine rings is 1. The summed E-state index contributed by atoms with van der Waals surface area (Å²) in [6, 6.07) is 4.90. The van der Waals surface area contributed by atoms with Crippen molar-refractivity contribution in [2.45, 2.75) is 51.3 Å². The summed E-state index contributed by atoms with van der Waals surface area (Å²) in [7, 11) is 0. The molecule has 0 aliphatic carbocycles. The Morgan fingerprint density at radius 1 is 1.14 bits per heavy atom. The summed E-state index contributed by atoms with van der Waals surface area (Å²) in [5.74, 6) is -0.524. The molecule has 198 valence electrons. The number of carbonyl (C=O) groups excluding carboxylic acids is 1. The minimum absolute atomic E-state index is 0.0671. The van der Waals surface area contributed by atoms with E-state index in [1.807, 2.05) is 6.92 Å². The van der Waals surface area contributed by atoms with E-state index in [9.17, 15) is 18.0 Å². The lowest BCUT2D eigenvalue weighted by atomic mass is 9.86. The lowest BCUT2D eigenvalue weighted by Gasteiger charge is -2.32. The molecular formula is C27H29F4N3O3. The van der Waals surface area contributed by atoms with Crippen LogP contribution in [0, 0.1) is 18.7 Å². The minimum atomic E-state index is -4.79. The molecular weight excluding hydrogens is 490 g/mol. The number of H-pyrrole nitrogens is 1. The molecule has 0 atom stereocenters. The Kier molecular flexibility index (Phi) is 7.11. The number of halogens is 4. The minimum Gasteiger partial charge on any atom is -0.406 e. The molecule has 5 rings (SSSR count). The van der Waals surface area contributed by atoms with Gasteiger partial charge in [-0.2, -0.15) is 0 Å². The van der Waals surface area contributed by atoms with E-state index in [1.165, 1.54) is 18.3 Å². The third kappa shape index (κ3) is 5.58. The van der Waals surface area contributed by atoms with Gasteiger partial charge in [0.15, 0.2) is 0 Å². The molecule has 10 heteroatoms. The van der Waals surface area contributed by atoms with Crippen molar-refractivity contribution in [3.05, 3.63) is 58.7 Å². The first kappa shape index (κ1) is 25.5. The SMILES string of the molecule is Cc1c(CC2CCOCC2)[nH]c2ncc(F)c(C3CCN(C(=O)c4ccc(OC(F)(F)F)cc4)CC3)c12. The summed E-state index contributed by atoms with van der Waals surface area (Å²) in [5.41, 5.74) is 3.74. The van der Waals surface area contributed by atoms with Gasteiger partial charge in [-0.25, -0.2) is 9.37 Å². The number of likely N-dealkylation sites (tertiary alicyclic amines) is 1. The summed E-state index contributed by atoms with van der Waals surface area (Å²) < 4.78 is 61.7. The Hall–Kier alpha value is -3.14. The fourth-order valence-electron chi connectivity index (χ4n) is 5.56. The molecule has 0 spiro atoms. The lowest BCUT2D eigenvalue weighted by Crippen LogP contribution is -2.38. The maximum absolute atomic E-state index is 15.2. The predicted molar refractivity (Wildman–Crippen MR) is 129 cm³/mol. The van der Waals surface area contributed by atoms with Crippen molar-refractivity contribution in [1.29, 1.82) is 0 Å². The number of nitrogens with zero attached hydrogens (tertiary/aromatic N) is 2. The molecule has 2 aromatic heterocycles. The van der Waals surface area contributed by atoms with Gasteiger partial charge in [0.25, 0.3) is 5.91 Å². The number of ether oxygens (including phenoxy) is 2. The number of piperidine rings is 1. The molecule has 1 amide bonds. The quantitative estimate of drug-likeness (QED) is 0.427. The highest BCUT2D eigenvalue weighted by molar-refractivity contribution is 5.94. The van der Waals surface area contributed by atoms with E-state index in [0.29, 0.717) is 43.1 Å². The fraction of sp³-hybridized carbons (Fsp3) is 0.481. The van der Waals surface area contributed by atoms with Crippen molar-refractivity contribution in [2.24, 2.45) is 5.92 Å². The summed E-state index contributed by atoms with van der Waals surface area (Å²) in [6.45, 7) is 4.40. The van der Waals surface area contributed by atoms with Crippen molar-refractivity contribution in [1.82, 2.24) is 14.9 Å². The Bertz CT molecular complexity index is 1260. The van der Waals surface area contributed by atoms with Crippen LogP contribution in [0.2, 0.25) is 0 Å². The standard InChI is InChI=1S/C27H29F4N3O3/c1-16-22(14-17-8-12-36-13-9-17)33-25-23(16)24(21(28)15-32-25)18-6-10-34(11-7-18)26(35)19-2-4-20(5-3-19)37-27(29,30)31/h2-5,15,17-18H,6-14H2,1H3,(H,32,33). The van der Waals surface area contributed by atoms with Crippen LogP contribution in [-0.4, -0.2) is 53.4 Å². The topological polar surface area (TPSA) is 67.5 Å². The number of carbonyl (C=O) groups is 1. The van der Waals surface area contributed by atoms with Crippen molar-refractivity contribution in [2.75, 3.05) is 26.3 Å². The molecule has 3 aromatic rings. The highest BCUT2D eigenvalue weighted by Gasteiger charge is 2.32. The van der Waals surface area contributed by atoms with Gasteiger partial charge in [0.1, 0.15) is 17.2 Å². The van der Waals surface area contributed by atoms with E-state index < -0.39 is 6.36 Å². The number of nitrogens with one attached hydrogen (secondary N) is 1. The second kappa shape index (κ2) is 10.3. The molecule has 1 N–H and O–H groups in total. The average Bonchev–Trinajstić information content (AvgIpc) is 3.19. The van der Waals surface area contributed by atoms with Gasteiger partial charge in [0, 0.05) is 48.5 Å². The van der Waals surface area contributed by atoms with Gasteiger partial charge in [0.2, 0.25) is 0 Å². The molecule has 4 heterocycles. The van der Waals surface area contributed by atoms with E-state index in [0.717, 1.165) is 61.3 Å². The van der Waals surface area contributed by atoms with E-state index >= 15 is 4.39 Å². The molecule has 0 unspecified atom stereocenters. The molecule has 6 nitrogen and oxygen atoms in total. The second-order valence-corrected chi connectivity index (χ2v) is 9.87. The Balaban J connectivity index is 1.29. The monoisotopic (exact) mass is 519 g/mol. The van der Waals surface area contributed by atoms with E-state index in [4.69, 9.17) is 4.74 Å². The number of fused-ring (bicyclic) bond motifs is 1. The first-order valence-corrected chi connectivity index (χ1v) is 12.6. The Morgan fingerprint density at radius 2 is 1.81 bits per heavy atom. The second-order valence-electron chi connectivity index (χ2n) is 9.87. The maximum Gasteiger partial charge on any atom is 0.573 e. The Morgan fingerprint density at radius 3 is 2.46 bits per heavy atom. The van der Waals surface area contributed by atoms with E-state index in [1.54, 1.807) is 4.90 Å². The zero-order chi connectivity index (χ0) is 26.2. The van der Waals surface area contributed by atoms with Gasteiger partial charge in [-0.3, -0.25) is 4.79 Å². The fourth-order valence-corrected chi connectivity index (χ4v) is 5.56. The number of aromatic nitrogens is 2. The average molecular weight is 520 g/mol. The van der Waals surface area contributed by atoms with Gasteiger partial charge >= 0.3 is 6.36 Å². The van der Waals surface area contributed by atoms with Crippen molar-refractivity contribution >= 4 is 16.9 Å². The van der Waals surface area contributed by atoms with Crippen LogP contribution in [-0.2, 0) is 11.2 Å². The van der Waals surface area contributed by atoms with Crippen LogP contribution in [0.3, 0.4) is 0 Å². The molecule has 2 aliphatic heterocycles. The number of aryl methyl sites for hydroxylation is 1. The zero-order valence-electron chi connectivity index (χ0n) is 20.5. The molecule has 0 bridgehead atoms. The van der Waals surface area contributed by atoms with Gasteiger partial charge < -0.3 is 19.4 Å². The number of aromatic amines is 1. The summed E-state index contributed by atoms with van der Waals surface area (Å²) in [4.78, 5) is 22.3. The molecule has 1 aromatic carbocycles. The van der Waals surface area contributed by atoms with Crippen molar-refractivity contribution < 1.29 is 31.8 Å². The third-order valence-corrected chi connectivity index (χ3v) is 7.53. The van der Waals surface area contributed by atoms with Crippen LogP contribution in [0.15, 0.2) is 30.5 Å². The first-order chi connectivity index (χ1) is 17.7. The summed E-state index contributed by atoms with van der Waals surface area (Å²) in [6.07, 6.45) is 0.542. The van der Waals surface area contributed by atoms with Crippen molar-refractivity contribution in [3.63, 3.8) is 0 Å². The first-order valence-electron chi connectivity index (χ1n) is 12.6. The summed E-state index contributed by atoms with van der Waals surface area (Å²) in [5, 5.41) is 0.840. The number of amides is 1. The number of alkyl halides is 3. The molecule has 2 aliphatic rings. The number of hydrogen-bond acceptors (Lipinski definition) is 4. The van der Waals surface area contributed by atoms with Gasteiger partial charge in [-0.15, -0.1) is 13.2 Å². The third-order valence-electron chi connectivity index (χ3n) is 7.53. The van der Waals surface area contributed by atoms with Crippen LogP contribution in [0.5, 0.6) is 5.75 Å². The number of hydrogen-bond donors (Lipinski definition) is 1. The van der Waals surface area contributed by atoms with Gasteiger partial charge in [-0.1, -0.05) is 0 Å². The van der Waals surface area contributed by atoms with Crippen molar-refractivity contribution in [3.8, 4) is 5.75 Å². The smallest absolute Gasteiger partial charge is 0.406 e. The van der Waals surface area contributed by atoms with Gasteiger partial charge in [0.05, 0.1) is 6.20 Å². The molecule has 37 heavy (non-hydrogen) atoms. The normalized spacial score (nSPS) is 17.9. The molecule has 0 saturated carbocycles. The van der Waals surface area contributed by atoms with E-state index in [2.05, 4.69) is 14.7 Å². The van der Waals surface area contributed by atoms with Crippen LogP contribution in [0.4, 0.5) is 17.6 Å². The summed E-state index contributed by atoms with van der Waals surface area (Å²) >= 11 is 0. The lowest BCUT2D eigenvalue weighted by molar-refractivity contribution is -0.274. The molecule has 0 radical (unpaired) electrons. The number of rotatable bonds is 5. The Labute approximate surface area is 212 Å². The highest BCUT2D eigenvalue weighted by atomic mass is 19.4. The van der Waals surface area contributed by atoms with Crippen LogP contribution >= 0.6 is 0 Å². The van der Waals surface area contributed by atoms with Gasteiger partial charge in [-0.05, 0) is 80.7 Å². The number of benzene rings is 1. The van der Waals surface area contributed by atoms with Crippen LogP contribution < -0.4 is 4.74 Å². The predicted octanol–water partition coefficient (Wildman–Crippen LogP) is 5.90. The van der Waals surface area contributed by atoms with Crippen LogP contribution in [0.25, 0.3) is 11.0 Å². The van der Waals surface area contributed by atoms with Crippen LogP contribution in [0.1, 0.15) is 58.8 Å². The highest BCUT2D eigenvalue weighted by Crippen LogP contribution is 2.38. The largest absolute Gasteiger partial charge is 0.573 e. The molecule has 2 saturated heterocycles. The van der Waals surface area contributed by atoms with E-state index in [-0.39, 0.29) is 29.0 Å². The maximum atomic E-state index is 15.2. The molecule has 2 fully saturated rings. The zero-order valence-corrected chi connectivity index (χ0v) is 20.5.